The molecule has 0 spiro atoms. The fraction of sp³-hybridized carbons (Fsp3) is 0.650. The number of benzene rings is 1. The molecule has 1 amide bonds. The minimum atomic E-state index is -0.974. The highest BCUT2D eigenvalue weighted by atomic mass is 16.5. The summed E-state index contributed by atoms with van der Waals surface area (Å²) in [5.74, 6) is 0.0686. The minimum Gasteiger partial charge on any atom is -0.384 e. The fourth-order valence-corrected chi connectivity index (χ4v) is 3.85. The Kier molecular flexibility index (Phi) is 5.77. The average molecular weight is 346 g/mol. The van der Waals surface area contributed by atoms with Crippen LogP contribution < -0.4 is 0 Å². The van der Waals surface area contributed by atoms with Crippen molar-refractivity contribution >= 4 is 5.91 Å². The zero-order valence-corrected chi connectivity index (χ0v) is 15.5. The second kappa shape index (κ2) is 7.85. The van der Waals surface area contributed by atoms with Gasteiger partial charge in [-0.15, -0.1) is 0 Å². The lowest BCUT2D eigenvalue weighted by Crippen LogP contribution is -2.53. The Morgan fingerprint density at radius 1 is 1.24 bits per heavy atom. The van der Waals surface area contributed by atoms with Crippen molar-refractivity contribution in [3.63, 3.8) is 0 Å². The van der Waals surface area contributed by atoms with E-state index in [9.17, 15) is 9.90 Å². The van der Waals surface area contributed by atoms with E-state index in [-0.39, 0.29) is 5.91 Å². The standard InChI is InChI=1S/C20H30N2O3/c1-16-5-6-17(2)18(11-16)12-19(23)22-9-10-25-15-20(24,14-22)13-21-7-3-4-8-21/h5-6,11,24H,3-4,7-10,12-15H2,1-2H3/t20-/m0/s1. The largest absolute Gasteiger partial charge is 0.384 e. The molecule has 2 fully saturated rings. The van der Waals surface area contributed by atoms with Crippen molar-refractivity contribution in [3.05, 3.63) is 34.9 Å². The van der Waals surface area contributed by atoms with Gasteiger partial charge in [0.2, 0.25) is 5.91 Å². The normalized spacial score (nSPS) is 25.2. The Bertz CT molecular complexity index is 613. The van der Waals surface area contributed by atoms with Crippen LogP contribution in [0.15, 0.2) is 18.2 Å². The van der Waals surface area contributed by atoms with Gasteiger partial charge in [0, 0.05) is 13.1 Å². The van der Waals surface area contributed by atoms with Gasteiger partial charge in [0.1, 0.15) is 5.60 Å². The van der Waals surface area contributed by atoms with E-state index in [4.69, 9.17) is 4.74 Å². The second-order valence-electron chi connectivity index (χ2n) is 7.68. The van der Waals surface area contributed by atoms with E-state index in [0.717, 1.165) is 29.8 Å². The molecule has 1 aromatic carbocycles. The molecule has 0 bridgehead atoms. The third-order valence-corrected chi connectivity index (χ3v) is 5.28. The number of carbonyl (C=O) groups excluding carboxylic acids is 1. The van der Waals surface area contributed by atoms with Crippen LogP contribution in [-0.4, -0.2) is 72.4 Å². The molecular formula is C20H30N2O3. The van der Waals surface area contributed by atoms with Gasteiger partial charge in [-0.2, -0.15) is 0 Å². The maximum absolute atomic E-state index is 12.9. The van der Waals surface area contributed by atoms with Gasteiger partial charge in [0.25, 0.3) is 0 Å². The summed E-state index contributed by atoms with van der Waals surface area (Å²) in [6.07, 6.45) is 2.76. The minimum absolute atomic E-state index is 0.0686. The molecule has 3 rings (SSSR count). The van der Waals surface area contributed by atoms with Crippen LogP contribution in [0.4, 0.5) is 0 Å². The van der Waals surface area contributed by atoms with Crippen LogP contribution in [0.25, 0.3) is 0 Å². The zero-order valence-electron chi connectivity index (χ0n) is 15.5. The van der Waals surface area contributed by atoms with Crippen molar-refractivity contribution in [3.8, 4) is 0 Å². The van der Waals surface area contributed by atoms with Crippen molar-refractivity contribution in [1.82, 2.24) is 9.80 Å². The van der Waals surface area contributed by atoms with Gasteiger partial charge >= 0.3 is 0 Å². The first-order chi connectivity index (χ1) is 12.0. The average Bonchev–Trinajstić information content (AvgIpc) is 2.98. The molecule has 0 radical (unpaired) electrons. The third-order valence-electron chi connectivity index (χ3n) is 5.28. The van der Waals surface area contributed by atoms with E-state index in [0.29, 0.717) is 39.3 Å². The van der Waals surface area contributed by atoms with Gasteiger partial charge in [0.15, 0.2) is 0 Å². The lowest BCUT2D eigenvalue weighted by atomic mass is 10.0. The van der Waals surface area contributed by atoms with Crippen LogP contribution in [0.3, 0.4) is 0 Å². The molecule has 138 valence electrons. The zero-order chi connectivity index (χ0) is 17.9. The number of rotatable bonds is 4. The first kappa shape index (κ1) is 18.4. The lowest BCUT2D eigenvalue weighted by Gasteiger charge is -2.34. The number of β-amino-alcohol motifs (C(OH)–C–C–N with tert-alkyl or cyclic N) is 1. The molecule has 0 unspecified atom stereocenters. The molecule has 1 aromatic rings. The number of nitrogens with zero attached hydrogens (tertiary/aromatic N) is 2. The topological polar surface area (TPSA) is 53.0 Å². The maximum atomic E-state index is 12.9. The van der Waals surface area contributed by atoms with Gasteiger partial charge in [-0.1, -0.05) is 23.8 Å². The summed E-state index contributed by atoms with van der Waals surface area (Å²) in [5.41, 5.74) is 2.40. The van der Waals surface area contributed by atoms with E-state index >= 15 is 0 Å². The number of hydrogen-bond acceptors (Lipinski definition) is 4. The summed E-state index contributed by atoms with van der Waals surface area (Å²) in [6, 6.07) is 6.21. The third kappa shape index (κ3) is 4.81. The number of hydrogen-bond donors (Lipinski definition) is 1. The summed E-state index contributed by atoms with van der Waals surface area (Å²) < 4.78 is 5.62. The van der Waals surface area contributed by atoms with Gasteiger partial charge in [-0.3, -0.25) is 4.79 Å². The molecule has 5 heteroatoms. The number of aryl methyl sites for hydroxylation is 2. The first-order valence-corrected chi connectivity index (χ1v) is 9.32. The Morgan fingerprint density at radius 3 is 2.76 bits per heavy atom. The molecule has 1 atom stereocenters. The number of amides is 1. The van der Waals surface area contributed by atoms with Crippen LogP contribution in [0.1, 0.15) is 29.5 Å². The Morgan fingerprint density at radius 2 is 2.00 bits per heavy atom. The number of carbonyl (C=O) groups is 1. The van der Waals surface area contributed by atoms with Crippen molar-refractivity contribution in [1.29, 1.82) is 0 Å². The molecule has 5 nitrogen and oxygen atoms in total. The number of aliphatic hydroxyl groups is 1. The molecule has 2 aliphatic rings. The molecular weight excluding hydrogens is 316 g/mol. The van der Waals surface area contributed by atoms with Crippen molar-refractivity contribution < 1.29 is 14.6 Å². The Hall–Kier alpha value is -1.43. The molecule has 0 aliphatic carbocycles. The van der Waals surface area contributed by atoms with Gasteiger partial charge in [-0.05, 0) is 50.9 Å². The highest BCUT2D eigenvalue weighted by molar-refractivity contribution is 5.79. The quantitative estimate of drug-likeness (QED) is 0.898. The SMILES string of the molecule is Cc1ccc(C)c(CC(=O)N2CCOC[C@](O)(CN3CCCC3)C2)c1. The summed E-state index contributed by atoms with van der Waals surface area (Å²) in [7, 11) is 0. The van der Waals surface area contributed by atoms with Crippen LogP contribution in [0, 0.1) is 13.8 Å². The van der Waals surface area contributed by atoms with E-state index in [1.165, 1.54) is 12.8 Å². The van der Waals surface area contributed by atoms with Crippen molar-refractivity contribution in [2.45, 2.75) is 38.7 Å². The number of ether oxygens (including phenoxy) is 1. The second-order valence-corrected chi connectivity index (χ2v) is 7.68. The Balaban J connectivity index is 1.67. The smallest absolute Gasteiger partial charge is 0.227 e. The number of likely N-dealkylation sites (tertiary alicyclic amines) is 1. The van der Waals surface area contributed by atoms with E-state index in [2.05, 4.69) is 23.1 Å². The monoisotopic (exact) mass is 346 g/mol. The maximum Gasteiger partial charge on any atom is 0.227 e. The highest BCUT2D eigenvalue weighted by Gasteiger charge is 2.36. The summed E-state index contributed by atoms with van der Waals surface area (Å²) >= 11 is 0. The van der Waals surface area contributed by atoms with Crippen LogP contribution in [0.5, 0.6) is 0 Å². The highest BCUT2D eigenvalue weighted by Crippen LogP contribution is 2.19. The van der Waals surface area contributed by atoms with Gasteiger partial charge in [0.05, 0.1) is 26.2 Å². The van der Waals surface area contributed by atoms with E-state index < -0.39 is 5.60 Å². The summed E-state index contributed by atoms with van der Waals surface area (Å²) in [4.78, 5) is 16.9. The molecule has 2 heterocycles. The molecule has 0 aromatic heterocycles. The van der Waals surface area contributed by atoms with Crippen LogP contribution in [0.2, 0.25) is 0 Å². The molecule has 2 saturated heterocycles. The van der Waals surface area contributed by atoms with Gasteiger partial charge < -0.3 is 19.6 Å². The summed E-state index contributed by atoms with van der Waals surface area (Å²) in [6.45, 7) is 8.41. The van der Waals surface area contributed by atoms with E-state index in [1.54, 1.807) is 4.90 Å². The van der Waals surface area contributed by atoms with Gasteiger partial charge in [-0.25, -0.2) is 0 Å². The molecule has 2 aliphatic heterocycles. The van der Waals surface area contributed by atoms with E-state index in [1.807, 2.05) is 13.8 Å². The molecule has 1 N–H and O–H groups in total. The van der Waals surface area contributed by atoms with Crippen molar-refractivity contribution in [2.75, 3.05) is 45.9 Å². The fourth-order valence-electron chi connectivity index (χ4n) is 3.85. The predicted molar refractivity (Wildman–Crippen MR) is 97.6 cm³/mol. The predicted octanol–water partition coefficient (Wildman–Crippen LogP) is 1.53. The molecule has 25 heavy (non-hydrogen) atoms. The van der Waals surface area contributed by atoms with Crippen LogP contribution in [-0.2, 0) is 16.0 Å². The van der Waals surface area contributed by atoms with Crippen LogP contribution >= 0.6 is 0 Å². The van der Waals surface area contributed by atoms with Crippen molar-refractivity contribution in [2.24, 2.45) is 0 Å². The first-order valence-electron chi connectivity index (χ1n) is 9.32. The molecule has 0 saturated carbocycles. The Labute approximate surface area is 150 Å². The lowest BCUT2D eigenvalue weighted by molar-refractivity contribution is -0.133. The summed E-state index contributed by atoms with van der Waals surface area (Å²) in [5, 5.41) is 11.0.